The zero-order valence-electron chi connectivity index (χ0n) is 20.9. The maximum atomic E-state index is 12.8. The van der Waals surface area contributed by atoms with Crippen molar-refractivity contribution in [2.24, 2.45) is 17.3 Å². The third-order valence-corrected chi connectivity index (χ3v) is 10.3. The van der Waals surface area contributed by atoms with Gasteiger partial charge in [-0.2, -0.15) is 21.6 Å². The number of ketones is 1. The molecule has 0 unspecified atom stereocenters. The predicted molar refractivity (Wildman–Crippen MR) is 132 cm³/mol. The molecule has 5 nitrogen and oxygen atoms in total. The van der Waals surface area contributed by atoms with Gasteiger partial charge in [0.05, 0.1) is 5.60 Å². The predicted octanol–water partition coefficient (Wildman–Crippen LogP) is 6.12. The topological polar surface area (TPSA) is 80.7 Å². The zero-order chi connectivity index (χ0) is 27.0. The molecule has 200 valence electrons. The second-order valence-corrected chi connectivity index (χ2v) is 12.8. The van der Waals surface area contributed by atoms with E-state index in [1.807, 2.05) is 6.92 Å². The first-order valence-electron chi connectivity index (χ1n) is 12.6. The lowest BCUT2D eigenvalue weighted by atomic mass is 9.51. The minimum atomic E-state index is -5.77. The van der Waals surface area contributed by atoms with Gasteiger partial charge >= 0.3 is 15.6 Å². The quantitative estimate of drug-likeness (QED) is 0.285. The molecule has 0 heterocycles. The number of rotatable bonds is 4. The lowest BCUT2D eigenvalue weighted by Gasteiger charge is -2.54. The number of alkyl halides is 3. The average Bonchev–Trinajstić information content (AvgIpc) is 3.09. The van der Waals surface area contributed by atoms with Crippen LogP contribution in [0.15, 0.2) is 59.2 Å². The van der Waals surface area contributed by atoms with Crippen molar-refractivity contribution in [3.63, 3.8) is 0 Å². The molecule has 4 aliphatic carbocycles. The Kier molecular flexibility index (Phi) is 6.07. The Morgan fingerprint density at radius 1 is 1.19 bits per heavy atom. The molecule has 4 aliphatic rings. The number of hydrogen-bond acceptors (Lipinski definition) is 5. The third kappa shape index (κ3) is 4.00. The molecule has 3 saturated carbocycles. The first kappa shape index (κ1) is 26.2. The maximum absolute atomic E-state index is 12.8. The summed E-state index contributed by atoms with van der Waals surface area (Å²) in [5.74, 6) is 0.0575. The second-order valence-electron chi connectivity index (χ2n) is 11.2. The lowest BCUT2D eigenvalue weighted by Crippen LogP contribution is -2.51. The van der Waals surface area contributed by atoms with Gasteiger partial charge in [-0.05, 0) is 85.3 Å². The highest BCUT2D eigenvalue weighted by Crippen LogP contribution is 2.67. The van der Waals surface area contributed by atoms with Gasteiger partial charge in [-0.1, -0.05) is 37.3 Å². The molecule has 0 amide bonds. The highest BCUT2D eigenvalue weighted by Gasteiger charge is 2.63. The molecule has 5 atom stereocenters. The number of carbonyl (C=O) groups excluding carboxylic acids is 1. The summed E-state index contributed by atoms with van der Waals surface area (Å²) in [7, 11) is -5.77. The highest BCUT2D eigenvalue weighted by atomic mass is 32.2. The van der Waals surface area contributed by atoms with E-state index in [1.54, 1.807) is 12.1 Å². The van der Waals surface area contributed by atoms with Gasteiger partial charge in [0, 0.05) is 24.2 Å². The van der Waals surface area contributed by atoms with Gasteiger partial charge in [-0.15, -0.1) is 0 Å². The molecule has 0 bridgehead atoms. The number of benzene rings is 1. The molecule has 0 saturated heterocycles. The molecular weight excluding hydrogens is 505 g/mol. The summed E-state index contributed by atoms with van der Waals surface area (Å²) in [6, 6.07) is 5.72. The average molecular weight is 537 g/mol. The summed E-state index contributed by atoms with van der Waals surface area (Å²) < 4.78 is 65.6. The number of allylic oxidation sites excluding steroid dienone is 4. The molecule has 37 heavy (non-hydrogen) atoms. The summed E-state index contributed by atoms with van der Waals surface area (Å²) in [4.78, 5) is 12.2. The second kappa shape index (κ2) is 8.56. The molecule has 1 N–H and O–H groups in total. The van der Waals surface area contributed by atoms with E-state index in [0.29, 0.717) is 32.1 Å². The first-order chi connectivity index (χ1) is 17.2. The van der Waals surface area contributed by atoms with Crippen LogP contribution in [0.25, 0.3) is 0 Å². The van der Waals surface area contributed by atoms with Gasteiger partial charge in [0.1, 0.15) is 11.5 Å². The van der Waals surface area contributed by atoms with E-state index in [2.05, 4.69) is 23.8 Å². The van der Waals surface area contributed by atoms with Crippen LogP contribution < -0.4 is 4.18 Å². The molecule has 5 rings (SSSR count). The van der Waals surface area contributed by atoms with E-state index in [9.17, 15) is 31.5 Å². The van der Waals surface area contributed by atoms with Crippen molar-refractivity contribution in [2.75, 3.05) is 0 Å². The molecule has 3 fully saturated rings. The van der Waals surface area contributed by atoms with Gasteiger partial charge in [0.2, 0.25) is 0 Å². The Hall–Kier alpha value is -2.39. The highest BCUT2D eigenvalue weighted by molar-refractivity contribution is 7.88. The van der Waals surface area contributed by atoms with E-state index in [-0.39, 0.29) is 23.5 Å². The number of hydrogen-bond donors (Lipinski definition) is 1. The van der Waals surface area contributed by atoms with Crippen molar-refractivity contribution in [1.29, 1.82) is 0 Å². The van der Waals surface area contributed by atoms with Crippen LogP contribution in [0.4, 0.5) is 13.2 Å². The fourth-order valence-electron chi connectivity index (χ4n) is 7.53. The molecule has 9 heteroatoms. The molecule has 0 aromatic heterocycles. The van der Waals surface area contributed by atoms with Gasteiger partial charge in [0.25, 0.3) is 0 Å². The number of Topliss-reactive ketones (excluding diaryl/α,β-unsaturated/α-hetero) is 1. The smallest absolute Gasteiger partial charge is 0.385 e. The normalized spacial score (nSPS) is 33.8. The Balaban J connectivity index is 1.58. The molecular formula is C28H31F3O5S. The van der Waals surface area contributed by atoms with E-state index in [0.717, 1.165) is 29.6 Å². The van der Waals surface area contributed by atoms with Crippen molar-refractivity contribution in [2.45, 2.75) is 75.8 Å². The molecule has 0 aliphatic heterocycles. The van der Waals surface area contributed by atoms with Gasteiger partial charge in [-0.3, -0.25) is 4.79 Å². The van der Waals surface area contributed by atoms with Crippen LogP contribution in [0.2, 0.25) is 0 Å². The Morgan fingerprint density at radius 3 is 2.49 bits per heavy atom. The largest absolute Gasteiger partial charge is 0.534 e. The number of carbonyl (C=O) groups is 1. The van der Waals surface area contributed by atoms with Crippen LogP contribution in [-0.2, 0) is 14.9 Å². The van der Waals surface area contributed by atoms with Crippen LogP contribution in [0.1, 0.15) is 70.3 Å². The molecule has 0 radical (unpaired) electrons. The van der Waals surface area contributed by atoms with Crippen molar-refractivity contribution < 1.29 is 35.7 Å². The summed E-state index contributed by atoms with van der Waals surface area (Å²) in [5, 5.41) is 11.8. The van der Waals surface area contributed by atoms with Crippen molar-refractivity contribution in [3.8, 4) is 5.75 Å². The number of aliphatic hydroxyl groups is 1. The minimum absolute atomic E-state index is 0.143. The van der Waals surface area contributed by atoms with Gasteiger partial charge in [-0.25, -0.2) is 0 Å². The monoisotopic (exact) mass is 536 g/mol. The minimum Gasteiger partial charge on any atom is -0.385 e. The van der Waals surface area contributed by atoms with Crippen molar-refractivity contribution in [3.05, 3.63) is 64.8 Å². The summed E-state index contributed by atoms with van der Waals surface area (Å²) in [6.07, 6.45) is 6.60. The van der Waals surface area contributed by atoms with E-state index in [4.69, 9.17) is 0 Å². The van der Waals surface area contributed by atoms with Crippen LogP contribution in [0.3, 0.4) is 0 Å². The van der Waals surface area contributed by atoms with Gasteiger partial charge < -0.3 is 9.29 Å². The Labute approximate surface area is 215 Å². The van der Waals surface area contributed by atoms with Gasteiger partial charge in [0.15, 0.2) is 0 Å². The van der Waals surface area contributed by atoms with Crippen molar-refractivity contribution in [1.82, 2.24) is 0 Å². The Bertz CT molecular complexity index is 1320. The maximum Gasteiger partial charge on any atom is 0.534 e. The van der Waals surface area contributed by atoms with Crippen LogP contribution in [0.5, 0.6) is 5.75 Å². The van der Waals surface area contributed by atoms with Crippen LogP contribution in [-0.4, -0.2) is 30.4 Å². The Morgan fingerprint density at radius 2 is 1.86 bits per heavy atom. The van der Waals surface area contributed by atoms with E-state index in [1.165, 1.54) is 23.3 Å². The van der Waals surface area contributed by atoms with Crippen LogP contribution >= 0.6 is 0 Å². The van der Waals surface area contributed by atoms with Crippen molar-refractivity contribution >= 4 is 15.9 Å². The lowest BCUT2D eigenvalue weighted by molar-refractivity contribution is -0.118. The number of fused-ring (bicyclic) bond motifs is 4. The first-order valence-corrected chi connectivity index (χ1v) is 14.0. The standard InChI is InChI=1S/C28H31F3O5S/c1-16(2)27(33)13-12-24-22-10-6-18-14-19(32)7-11-21(18)25(22)23(15-26(24,27)3)17-4-8-20(9-5-17)36-37(34,35)28(29,30)31/h4-6,8-9,22-24,33H,1,7,10-15H2,2-3H3/t22-,23+,24-,26-,27+/m0/s1. The number of halogens is 3. The summed E-state index contributed by atoms with van der Waals surface area (Å²) >= 11 is 0. The molecule has 1 aromatic carbocycles. The summed E-state index contributed by atoms with van der Waals surface area (Å²) in [6.45, 7) is 8.08. The molecule has 0 spiro atoms. The SMILES string of the molecule is C=C(C)[C@]1(O)CC[C@H]2[C@@H]3CC=C4CC(=O)CCC4=C3[C@@H](c3ccc(OS(=O)(=O)C(F)(F)F)cc3)C[C@@]21C. The van der Waals surface area contributed by atoms with E-state index >= 15 is 0 Å². The fourth-order valence-corrected chi connectivity index (χ4v) is 7.99. The third-order valence-electron chi connectivity index (χ3n) is 9.34. The van der Waals surface area contributed by atoms with Crippen LogP contribution in [0, 0.1) is 17.3 Å². The fraction of sp³-hybridized carbons (Fsp3) is 0.536. The zero-order valence-corrected chi connectivity index (χ0v) is 21.7. The van der Waals surface area contributed by atoms with E-state index < -0.39 is 32.4 Å². The molecule has 1 aromatic rings. The summed E-state index contributed by atoms with van der Waals surface area (Å²) in [5.41, 5.74) is -1.95.